The molecule has 0 saturated carbocycles. The van der Waals surface area contributed by atoms with Crippen LogP contribution in [0.2, 0.25) is 0 Å². The fourth-order valence-corrected chi connectivity index (χ4v) is 0.396. The maximum absolute atomic E-state index is 10.5. The van der Waals surface area contributed by atoms with Crippen LogP contribution in [0.1, 0.15) is 20.3 Å². The molecule has 0 aliphatic heterocycles. The van der Waals surface area contributed by atoms with Crippen LogP contribution < -0.4 is 0 Å². The van der Waals surface area contributed by atoms with Gasteiger partial charge in [0.1, 0.15) is 0 Å². The Balaban J connectivity index is 0. The first-order valence-corrected chi connectivity index (χ1v) is 2.86. The van der Waals surface area contributed by atoms with E-state index < -0.39 is 11.8 Å². The van der Waals surface area contributed by atoms with Crippen molar-refractivity contribution in [2.45, 2.75) is 20.3 Å². The van der Waals surface area contributed by atoms with E-state index in [0.29, 0.717) is 6.42 Å². The number of Topliss-reactive ketones (excluding diaryl/α,β-unsaturated/α-hetero) is 1. The van der Waals surface area contributed by atoms with Crippen LogP contribution in [0.3, 0.4) is 0 Å². The first kappa shape index (κ1) is 12.8. The molecular weight excluding hydrogens is 143 g/mol. The van der Waals surface area contributed by atoms with E-state index in [9.17, 15) is 9.59 Å². The molecule has 1 unspecified atom stereocenters. The van der Waals surface area contributed by atoms with E-state index in [1.165, 1.54) is 0 Å². The van der Waals surface area contributed by atoms with Gasteiger partial charge in [-0.25, -0.2) is 4.79 Å². The number of hydrogen-bond acceptors (Lipinski definition) is 2. The van der Waals surface area contributed by atoms with Crippen LogP contribution in [0.25, 0.3) is 0 Å². The Morgan fingerprint density at radius 1 is 1.50 bits per heavy atom. The molecule has 0 aromatic rings. The summed E-state index contributed by atoms with van der Waals surface area (Å²) in [5, 5.41) is 8.13. The zero-order valence-corrected chi connectivity index (χ0v) is 5.55. The summed E-state index contributed by atoms with van der Waals surface area (Å²) in [4.78, 5) is 20.4. The minimum absolute atomic E-state index is 0. The van der Waals surface area contributed by atoms with Crippen molar-refractivity contribution in [3.05, 3.63) is 0 Å². The van der Waals surface area contributed by atoms with Gasteiger partial charge in [0.05, 0.1) is 0 Å². The van der Waals surface area contributed by atoms with Crippen LogP contribution >= 0.6 is 0 Å². The van der Waals surface area contributed by atoms with E-state index >= 15 is 0 Å². The molecule has 0 saturated heterocycles. The Morgan fingerprint density at radius 2 is 1.90 bits per heavy atom. The molecule has 0 radical (unpaired) electrons. The number of carbonyl (C=O) groups excluding carboxylic acids is 1. The number of rotatable bonds is 3. The molecule has 54 valence electrons. The number of carbonyl (C=O) groups is 2. The Morgan fingerprint density at radius 3 is 2.00 bits per heavy atom. The van der Waals surface area contributed by atoms with Crippen molar-refractivity contribution in [2.24, 2.45) is 5.92 Å². The molecule has 0 amide bonds. The molecule has 0 fully saturated rings. The molecule has 0 aromatic heterocycles. The summed E-state index contributed by atoms with van der Waals surface area (Å²) >= 11 is 0. The summed E-state index contributed by atoms with van der Waals surface area (Å²) in [5.41, 5.74) is 0. The molecular formula is C6H11NaO3. The Bertz CT molecular complexity index is 133. The number of carboxylic acids is 1. The van der Waals surface area contributed by atoms with Gasteiger partial charge in [-0.3, -0.25) is 4.79 Å². The second-order valence-corrected chi connectivity index (χ2v) is 1.98. The molecule has 0 bridgehead atoms. The van der Waals surface area contributed by atoms with Crippen LogP contribution in [0.4, 0.5) is 0 Å². The molecule has 0 heterocycles. The molecule has 4 heteroatoms. The van der Waals surface area contributed by atoms with Gasteiger partial charge in [-0.2, -0.15) is 0 Å². The normalized spacial score (nSPS) is 11.4. The zero-order chi connectivity index (χ0) is 7.44. The van der Waals surface area contributed by atoms with Crippen LogP contribution in [0, 0.1) is 5.92 Å². The molecule has 0 spiro atoms. The van der Waals surface area contributed by atoms with E-state index in [2.05, 4.69) is 0 Å². The van der Waals surface area contributed by atoms with Gasteiger partial charge in [-0.1, -0.05) is 13.8 Å². The van der Waals surface area contributed by atoms with Crippen molar-refractivity contribution < 1.29 is 14.7 Å². The van der Waals surface area contributed by atoms with Gasteiger partial charge < -0.3 is 5.11 Å². The third kappa shape index (κ3) is 4.04. The van der Waals surface area contributed by atoms with Crippen molar-refractivity contribution in [3.8, 4) is 0 Å². The standard InChI is InChI=1S/C6H10O3.Na.H/c1-3-4(2)5(7)6(8)9;;/h4H,3H2,1-2H3,(H,8,9);;. The van der Waals surface area contributed by atoms with Crippen LogP contribution in [0.15, 0.2) is 0 Å². The van der Waals surface area contributed by atoms with E-state index in [0.717, 1.165) is 0 Å². The van der Waals surface area contributed by atoms with E-state index in [-0.39, 0.29) is 35.5 Å². The predicted molar refractivity (Wildman–Crippen MR) is 39.2 cm³/mol. The molecule has 3 nitrogen and oxygen atoms in total. The second-order valence-electron chi connectivity index (χ2n) is 1.98. The fourth-order valence-electron chi connectivity index (χ4n) is 0.396. The first-order chi connectivity index (χ1) is 4.09. The number of aliphatic carboxylic acids is 1. The maximum atomic E-state index is 10.5. The fraction of sp³-hybridized carbons (Fsp3) is 0.667. The van der Waals surface area contributed by atoms with Gasteiger partial charge in [-0.05, 0) is 6.42 Å². The van der Waals surface area contributed by atoms with Crippen molar-refractivity contribution in [3.63, 3.8) is 0 Å². The average molecular weight is 154 g/mol. The van der Waals surface area contributed by atoms with Crippen LogP contribution in [-0.4, -0.2) is 46.4 Å². The molecule has 0 aromatic carbocycles. The predicted octanol–water partition coefficient (Wildman–Crippen LogP) is 0.0377. The van der Waals surface area contributed by atoms with Crippen molar-refractivity contribution in [1.29, 1.82) is 0 Å². The number of carboxylic acid groups (broad SMARTS) is 1. The Kier molecular flexibility index (Phi) is 7.53. The third-order valence-electron chi connectivity index (χ3n) is 1.27. The summed E-state index contributed by atoms with van der Waals surface area (Å²) in [5.74, 6) is -2.37. The van der Waals surface area contributed by atoms with Gasteiger partial charge in [-0.15, -0.1) is 0 Å². The number of ketones is 1. The molecule has 1 atom stereocenters. The Hall–Kier alpha value is 0.140. The first-order valence-electron chi connectivity index (χ1n) is 2.86. The SMILES string of the molecule is CCC(C)C(=O)C(=O)O.[NaH]. The van der Waals surface area contributed by atoms with Gasteiger partial charge in [0.25, 0.3) is 0 Å². The van der Waals surface area contributed by atoms with Crippen molar-refractivity contribution >= 4 is 41.3 Å². The molecule has 0 aliphatic rings. The number of hydrogen-bond donors (Lipinski definition) is 1. The topological polar surface area (TPSA) is 54.4 Å². The minimum atomic E-state index is -1.33. The summed E-state index contributed by atoms with van der Waals surface area (Å²) in [6.45, 7) is 3.39. The van der Waals surface area contributed by atoms with Crippen LogP contribution in [0.5, 0.6) is 0 Å². The molecule has 0 rings (SSSR count). The Labute approximate surface area is 82.1 Å². The average Bonchev–Trinajstić information content (AvgIpc) is 1.84. The third-order valence-corrected chi connectivity index (χ3v) is 1.27. The van der Waals surface area contributed by atoms with E-state index in [4.69, 9.17) is 5.11 Å². The van der Waals surface area contributed by atoms with Gasteiger partial charge in [0.15, 0.2) is 0 Å². The molecule has 10 heavy (non-hydrogen) atoms. The van der Waals surface area contributed by atoms with Crippen molar-refractivity contribution in [2.75, 3.05) is 0 Å². The van der Waals surface area contributed by atoms with Crippen LogP contribution in [-0.2, 0) is 9.59 Å². The van der Waals surface area contributed by atoms with Crippen molar-refractivity contribution in [1.82, 2.24) is 0 Å². The summed E-state index contributed by atoms with van der Waals surface area (Å²) in [7, 11) is 0. The van der Waals surface area contributed by atoms with E-state index in [1.54, 1.807) is 13.8 Å². The quantitative estimate of drug-likeness (QED) is 0.461. The summed E-state index contributed by atoms with van der Waals surface area (Å²) in [6.07, 6.45) is 0.588. The summed E-state index contributed by atoms with van der Waals surface area (Å²) in [6, 6.07) is 0. The van der Waals surface area contributed by atoms with Gasteiger partial charge >= 0.3 is 35.5 Å². The summed E-state index contributed by atoms with van der Waals surface area (Å²) < 4.78 is 0. The molecule has 0 aliphatic carbocycles. The zero-order valence-electron chi connectivity index (χ0n) is 5.55. The van der Waals surface area contributed by atoms with E-state index in [1.807, 2.05) is 0 Å². The molecule has 1 N–H and O–H groups in total. The van der Waals surface area contributed by atoms with Gasteiger partial charge in [0, 0.05) is 5.92 Å². The van der Waals surface area contributed by atoms with Gasteiger partial charge in [0.2, 0.25) is 5.78 Å². The second kappa shape index (κ2) is 5.89. The monoisotopic (exact) mass is 154 g/mol.